The molecule has 84 valence electrons. The molecule has 1 aliphatic rings. The van der Waals surface area contributed by atoms with Crippen molar-refractivity contribution < 1.29 is 5.11 Å². The molecule has 3 heteroatoms. The molecule has 0 spiro atoms. The highest BCUT2D eigenvalue weighted by atomic mass is 16.3. The molecule has 1 heterocycles. The summed E-state index contributed by atoms with van der Waals surface area (Å²) in [4.78, 5) is 2.53. The number of nitrogens with one attached hydrogen (secondary N) is 1. The van der Waals surface area contributed by atoms with Crippen molar-refractivity contribution in [2.75, 3.05) is 32.7 Å². The maximum Gasteiger partial charge on any atom is 0.0636 e. The summed E-state index contributed by atoms with van der Waals surface area (Å²) in [5.74, 6) is 0. The Balaban J connectivity index is 1.99. The van der Waals surface area contributed by atoms with Crippen LogP contribution in [0.15, 0.2) is 0 Å². The van der Waals surface area contributed by atoms with Gasteiger partial charge in [-0.1, -0.05) is 12.8 Å². The second kappa shape index (κ2) is 7.21. The van der Waals surface area contributed by atoms with Crippen LogP contribution in [0, 0.1) is 0 Å². The monoisotopic (exact) mass is 200 g/mol. The van der Waals surface area contributed by atoms with Crippen LogP contribution < -0.4 is 5.32 Å². The lowest BCUT2D eigenvalue weighted by molar-refractivity contribution is 0.188. The normalized spacial score (nSPS) is 21.9. The first-order valence-electron chi connectivity index (χ1n) is 5.90. The topological polar surface area (TPSA) is 35.5 Å². The van der Waals surface area contributed by atoms with Crippen LogP contribution in [-0.4, -0.2) is 48.8 Å². The minimum Gasteiger partial charge on any atom is -0.392 e. The molecule has 1 atom stereocenters. The van der Waals surface area contributed by atoms with E-state index in [1.54, 1.807) is 0 Å². The molecule has 2 N–H and O–H groups in total. The Bertz CT molecular complexity index is 131. The zero-order valence-electron chi connectivity index (χ0n) is 9.34. The quantitative estimate of drug-likeness (QED) is 0.645. The highest BCUT2D eigenvalue weighted by molar-refractivity contribution is 4.64. The van der Waals surface area contributed by atoms with Crippen LogP contribution in [0.2, 0.25) is 0 Å². The predicted molar refractivity (Wildman–Crippen MR) is 59.5 cm³/mol. The summed E-state index contributed by atoms with van der Waals surface area (Å²) < 4.78 is 0. The van der Waals surface area contributed by atoms with Crippen molar-refractivity contribution in [3.8, 4) is 0 Å². The summed E-state index contributed by atoms with van der Waals surface area (Å²) in [7, 11) is 0. The molecule has 0 radical (unpaired) electrons. The second-order valence-electron chi connectivity index (χ2n) is 4.31. The lowest BCUT2D eigenvalue weighted by atomic mass is 10.2. The van der Waals surface area contributed by atoms with E-state index in [4.69, 9.17) is 5.11 Å². The predicted octanol–water partition coefficient (Wildman–Crippen LogP) is 0.833. The second-order valence-corrected chi connectivity index (χ2v) is 4.31. The van der Waals surface area contributed by atoms with Crippen molar-refractivity contribution in [2.45, 2.75) is 38.7 Å². The van der Waals surface area contributed by atoms with Crippen molar-refractivity contribution in [1.82, 2.24) is 10.2 Å². The molecule has 3 nitrogen and oxygen atoms in total. The molecule has 14 heavy (non-hydrogen) atoms. The summed E-state index contributed by atoms with van der Waals surface area (Å²) in [6, 6.07) is 0. The van der Waals surface area contributed by atoms with Gasteiger partial charge in [0.15, 0.2) is 0 Å². The number of rotatable bonds is 5. The van der Waals surface area contributed by atoms with Gasteiger partial charge in [-0.25, -0.2) is 0 Å². The van der Waals surface area contributed by atoms with Crippen LogP contribution in [0.3, 0.4) is 0 Å². The Kier molecular flexibility index (Phi) is 6.15. The van der Waals surface area contributed by atoms with Crippen LogP contribution in [0.5, 0.6) is 0 Å². The van der Waals surface area contributed by atoms with Crippen molar-refractivity contribution in [1.29, 1.82) is 0 Å². The molecular formula is C11H24N2O. The molecule has 0 aliphatic carbocycles. The van der Waals surface area contributed by atoms with Crippen LogP contribution >= 0.6 is 0 Å². The van der Waals surface area contributed by atoms with Gasteiger partial charge in [0, 0.05) is 19.6 Å². The van der Waals surface area contributed by atoms with Gasteiger partial charge in [-0.2, -0.15) is 0 Å². The molecule has 1 aliphatic heterocycles. The van der Waals surface area contributed by atoms with Gasteiger partial charge in [-0.05, 0) is 32.9 Å². The first-order chi connectivity index (χ1) is 6.79. The number of hydrogen-bond acceptors (Lipinski definition) is 3. The summed E-state index contributed by atoms with van der Waals surface area (Å²) in [6.07, 6.45) is 5.29. The van der Waals surface area contributed by atoms with E-state index in [0.29, 0.717) is 6.54 Å². The Morgan fingerprint density at radius 1 is 1.21 bits per heavy atom. The van der Waals surface area contributed by atoms with Crippen molar-refractivity contribution >= 4 is 0 Å². The first kappa shape index (κ1) is 12.0. The average molecular weight is 200 g/mol. The Labute approximate surface area is 87.5 Å². The molecular weight excluding hydrogens is 176 g/mol. The minimum atomic E-state index is -0.223. The summed E-state index contributed by atoms with van der Waals surface area (Å²) in [5.41, 5.74) is 0. The summed E-state index contributed by atoms with van der Waals surface area (Å²) in [6.45, 7) is 7.19. The third kappa shape index (κ3) is 5.58. The molecule has 0 saturated carbocycles. The summed E-state index contributed by atoms with van der Waals surface area (Å²) in [5, 5.41) is 12.3. The third-order valence-corrected chi connectivity index (χ3v) is 2.74. The fraction of sp³-hybridized carbons (Fsp3) is 1.00. The van der Waals surface area contributed by atoms with Gasteiger partial charge in [-0.15, -0.1) is 0 Å². The zero-order valence-corrected chi connectivity index (χ0v) is 9.34. The number of likely N-dealkylation sites (tertiary alicyclic amines) is 1. The van der Waals surface area contributed by atoms with Gasteiger partial charge in [-0.3, -0.25) is 0 Å². The van der Waals surface area contributed by atoms with E-state index in [1.807, 2.05) is 6.92 Å². The lowest BCUT2D eigenvalue weighted by Gasteiger charge is -2.19. The van der Waals surface area contributed by atoms with E-state index in [-0.39, 0.29) is 6.10 Å². The van der Waals surface area contributed by atoms with Crippen molar-refractivity contribution in [3.05, 3.63) is 0 Å². The number of hydrogen-bond donors (Lipinski definition) is 2. The zero-order chi connectivity index (χ0) is 10.2. The third-order valence-electron chi connectivity index (χ3n) is 2.74. The summed E-state index contributed by atoms with van der Waals surface area (Å²) >= 11 is 0. The first-order valence-corrected chi connectivity index (χ1v) is 5.90. The number of nitrogens with zero attached hydrogens (tertiary/aromatic N) is 1. The standard InChI is InChI=1S/C11H24N2O/c1-11(14)10-12-6-9-13-7-4-2-3-5-8-13/h11-12,14H,2-10H2,1H3. The molecule has 1 fully saturated rings. The molecule has 0 amide bonds. The Morgan fingerprint density at radius 2 is 1.86 bits per heavy atom. The van der Waals surface area contributed by atoms with Crippen LogP contribution in [-0.2, 0) is 0 Å². The van der Waals surface area contributed by atoms with Crippen LogP contribution in [0.25, 0.3) is 0 Å². The molecule has 0 aromatic rings. The average Bonchev–Trinajstić information content (AvgIpc) is 2.40. The molecule has 0 aromatic heterocycles. The van der Waals surface area contributed by atoms with E-state index in [0.717, 1.165) is 13.1 Å². The van der Waals surface area contributed by atoms with E-state index >= 15 is 0 Å². The highest BCUT2D eigenvalue weighted by Gasteiger charge is 2.07. The lowest BCUT2D eigenvalue weighted by Crippen LogP contribution is -2.35. The number of aliphatic hydroxyl groups is 1. The van der Waals surface area contributed by atoms with E-state index < -0.39 is 0 Å². The van der Waals surface area contributed by atoms with E-state index in [9.17, 15) is 0 Å². The minimum absolute atomic E-state index is 0.223. The van der Waals surface area contributed by atoms with Gasteiger partial charge in [0.1, 0.15) is 0 Å². The molecule has 1 rings (SSSR count). The van der Waals surface area contributed by atoms with Gasteiger partial charge >= 0.3 is 0 Å². The molecule has 0 aromatic carbocycles. The highest BCUT2D eigenvalue weighted by Crippen LogP contribution is 2.08. The van der Waals surface area contributed by atoms with Gasteiger partial charge in [0.25, 0.3) is 0 Å². The van der Waals surface area contributed by atoms with Gasteiger partial charge in [0.05, 0.1) is 6.10 Å². The van der Waals surface area contributed by atoms with E-state index in [1.165, 1.54) is 38.8 Å². The molecule has 0 bridgehead atoms. The van der Waals surface area contributed by atoms with Gasteiger partial charge in [0.2, 0.25) is 0 Å². The maximum absolute atomic E-state index is 9.06. The van der Waals surface area contributed by atoms with Crippen LogP contribution in [0.1, 0.15) is 32.6 Å². The SMILES string of the molecule is CC(O)CNCCN1CCCCCC1. The van der Waals surface area contributed by atoms with Crippen molar-refractivity contribution in [3.63, 3.8) is 0 Å². The van der Waals surface area contributed by atoms with Crippen molar-refractivity contribution in [2.24, 2.45) is 0 Å². The molecule has 1 saturated heterocycles. The van der Waals surface area contributed by atoms with E-state index in [2.05, 4.69) is 10.2 Å². The van der Waals surface area contributed by atoms with Gasteiger partial charge < -0.3 is 15.3 Å². The Hall–Kier alpha value is -0.120. The van der Waals surface area contributed by atoms with Crippen LogP contribution in [0.4, 0.5) is 0 Å². The fourth-order valence-electron chi connectivity index (χ4n) is 1.91. The smallest absolute Gasteiger partial charge is 0.0636 e. The Morgan fingerprint density at radius 3 is 2.43 bits per heavy atom. The fourth-order valence-corrected chi connectivity index (χ4v) is 1.91. The molecule has 1 unspecified atom stereocenters. The maximum atomic E-state index is 9.06. The number of aliphatic hydroxyl groups excluding tert-OH is 1. The largest absolute Gasteiger partial charge is 0.392 e.